The Labute approximate surface area is 123 Å². The Bertz CT molecular complexity index is 495. The van der Waals surface area contributed by atoms with E-state index in [2.05, 4.69) is 4.90 Å². The molecule has 1 aromatic carbocycles. The number of halogens is 2. The third-order valence-corrected chi connectivity index (χ3v) is 4.58. The number of β-amino-alcohol motifs (C(OH)–C–C–N with tert-alkyl or cyclic N) is 1. The van der Waals surface area contributed by atoms with E-state index in [4.69, 9.17) is 4.74 Å². The second-order valence-corrected chi connectivity index (χ2v) is 5.95. The molecule has 2 fully saturated rings. The maximum atomic E-state index is 13.3. The fourth-order valence-corrected chi connectivity index (χ4v) is 3.45. The number of fused-ring (bicyclic) bond motifs is 1. The molecule has 1 saturated heterocycles. The number of benzene rings is 1. The zero-order valence-corrected chi connectivity index (χ0v) is 12.0. The first kappa shape index (κ1) is 14.9. The van der Waals surface area contributed by atoms with Gasteiger partial charge in [0.2, 0.25) is 0 Å². The molecule has 21 heavy (non-hydrogen) atoms. The molecule has 1 heterocycles. The molecule has 0 spiro atoms. The summed E-state index contributed by atoms with van der Waals surface area (Å²) in [6, 6.07) is 3.93. The molecule has 1 aliphatic carbocycles. The van der Waals surface area contributed by atoms with E-state index in [0.29, 0.717) is 24.8 Å². The summed E-state index contributed by atoms with van der Waals surface area (Å²) in [6.45, 7) is 1.89. The molecule has 0 unspecified atom stereocenters. The Morgan fingerprint density at radius 2 is 2.05 bits per heavy atom. The topological polar surface area (TPSA) is 32.7 Å². The zero-order valence-electron chi connectivity index (χ0n) is 12.0. The van der Waals surface area contributed by atoms with Gasteiger partial charge < -0.3 is 9.84 Å². The van der Waals surface area contributed by atoms with Crippen LogP contribution in [0.5, 0.6) is 0 Å². The summed E-state index contributed by atoms with van der Waals surface area (Å²) >= 11 is 0. The van der Waals surface area contributed by atoms with Crippen molar-refractivity contribution < 1.29 is 18.6 Å². The van der Waals surface area contributed by atoms with Crippen molar-refractivity contribution in [2.24, 2.45) is 0 Å². The van der Waals surface area contributed by atoms with E-state index in [9.17, 15) is 13.9 Å². The average molecular weight is 297 g/mol. The highest BCUT2D eigenvalue weighted by molar-refractivity contribution is 5.20. The maximum Gasteiger partial charge on any atom is 0.159 e. The molecule has 5 heteroatoms. The number of hydrogen-bond donors (Lipinski definition) is 1. The largest absolute Gasteiger partial charge is 0.387 e. The van der Waals surface area contributed by atoms with E-state index in [1.54, 1.807) is 0 Å². The fraction of sp³-hybridized carbons (Fsp3) is 0.625. The van der Waals surface area contributed by atoms with E-state index in [1.165, 1.54) is 18.9 Å². The Morgan fingerprint density at radius 3 is 2.86 bits per heavy atom. The highest BCUT2D eigenvalue weighted by Gasteiger charge is 2.35. The first-order chi connectivity index (χ1) is 10.1. The molecule has 1 N–H and O–H groups in total. The predicted molar refractivity (Wildman–Crippen MR) is 74.9 cm³/mol. The lowest BCUT2D eigenvalue weighted by atomic mass is 9.89. The molecule has 0 aromatic heterocycles. The lowest BCUT2D eigenvalue weighted by molar-refractivity contribution is -0.0975. The van der Waals surface area contributed by atoms with Gasteiger partial charge in [0, 0.05) is 19.1 Å². The normalized spacial score (nSPS) is 28.1. The van der Waals surface area contributed by atoms with Gasteiger partial charge in [-0.3, -0.25) is 4.90 Å². The summed E-state index contributed by atoms with van der Waals surface area (Å²) < 4.78 is 32.0. The molecular formula is C16H21F2NO2. The Hall–Kier alpha value is -1.04. The molecule has 3 atom stereocenters. The molecule has 0 amide bonds. The number of nitrogens with zero attached hydrogens (tertiary/aromatic N) is 1. The van der Waals surface area contributed by atoms with E-state index in [0.717, 1.165) is 31.5 Å². The van der Waals surface area contributed by atoms with Gasteiger partial charge in [-0.1, -0.05) is 18.9 Å². The summed E-state index contributed by atoms with van der Waals surface area (Å²) in [5, 5.41) is 10.3. The molecule has 0 bridgehead atoms. The Balaban J connectivity index is 1.68. The number of aliphatic hydroxyl groups excluding tert-OH is 1. The molecule has 1 aliphatic heterocycles. The summed E-state index contributed by atoms with van der Waals surface area (Å²) in [7, 11) is 0. The molecule has 1 saturated carbocycles. The van der Waals surface area contributed by atoms with Crippen molar-refractivity contribution in [1.29, 1.82) is 0 Å². The van der Waals surface area contributed by atoms with Gasteiger partial charge in [-0.25, -0.2) is 8.78 Å². The van der Waals surface area contributed by atoms with Crippen molar-refractivity contribution in [3.8, 4) is 0 Å². The zero-order chi connectivity index (χ0) is 14.8. The molecular weight excluding hydrogens is 276 g/mol. The van der Waals surface area contributed by atoms with Gasteiger partial charge in [0.05, 0.1) is 18.8 Å². The van der Waals surface area contributed by atoms with Crippen LogP contribution < -0.4 is 0 Å². The molecule has 0 radical (unpaired) electrons. The van der Waals surface area contributed by atoms with Crippen molar-refractivity contribution in [1.82, 2.24) is 4.90 Å². The number of hydrogen-bond acceptors (Lipinski definition) is 3. The minimum absolute atomic E-state index is 0.254. The number of rotatable bonds is 3. The molecule has 1 aromatic rings. The number of ether oxygens (including phenoxy) is 1. The van der Waals surface area contributed by atoms with Crippen LogP contribution in [-0.4, -0.2) is 41.8 Å². The van der Waals surface area contributed by atoms with Gasteiger partial charge in [0.25, 0.3) is 0 Å². The maximum absolute atomic E-state index is 13.3. The van der Waals surface area contributed by atoms with Crippen molar-refractivity contribution in [2.75, 3.05) is 19.7 Å². The van der Waals surface area contributed by atoms with E-state index < -0.39 is 17.7 Å². The SMILES string of the molecule is O[C@H](CN1CCO[C@@H]2CCCC[C@@H]21)c1ccc(F)c(F)c1. The van der Waals surface area contributed by atoms with Crippen LogP contribution >= 0.6 is 0 Å². The minimum atomic E-state index is -0.913. The second kappa shape index (κ2) is 6.38. The van der Waals surface area contributed by atoms with Crippen molar-refractivity contribution >= 4 is 0 Å². The molecule has 3 rings (SSSR count). The van der Waals surface area contributed by atoms with Gasteiger partial charge in [-0.05, 0) is 30.5 Å². The van der Waals surface area contributed by atoms with Gasteiger partial charge in [0.1, 0.15) is 0 Å². The monoisotopic (exact) mass is 297 g/mol. The van der Waals surface area contributed by atoms with Crippen molar-refractivity contribution in [3.05, 3.63) is 35.4 Å². The fourth-order valence-electron chi connectivity index (χ4n) is 3.45. The summed E-state index contributed by atoms with van der Waals surface area (Å²) in [6.07, 6.45) is 3.98. The minimum Gasteiger partial charge on any atom is -0.387 e. The van der Waals surface area contributed by atoms with Crippen LogP contribution in [0, 0.1) is 11.6 Å². The Morgan fingerprint density at radius 1 is 1.24 bits per heavy atom. The molecule has 2 aliphatic rings. The van der Waals surface area contributed by atoms with Crippen LogP contribution in [0.1, 0.15) is 37.4 Å². The van der Waals surface area contributed by atoms with Crippen molar-refractivity contribution in [2.45, 2.75) is 43.9 Å². The summed E-state index contributed by atoms with van der Waals surface area (Å²) in [4.78, 5) is 2.24. The molecule has 116 valence electrons. The standard InChI is InChI=1S/C16H21F2NO2/c17-12-6-5-11(9-13(12)18)15(20)10-19-7-8-21-16-4-2-1-3-14(16)19/h5-6,9,14-16,20H,1-4,7-8,10H2/t14-,15+,16+/m0/s1. The highest BCUT2D eigenvalue weighted by atomic mass is 19.2. The lowest BCUT2D eigenvalue weighted by Gasteiger charge is -2.44. The summed E-state index contributed by atoms with van der Waals surface area (Å²) in [5.74, 6) is -1.80. The first-order valence-corrected chi connectivity index (χ1v) is 7.64. The van der Waals surface area contributed by atoms with Crippen LogP contribution in [0.15, 0.2) is 18.2 Å². The van der Waals surface area contributed by atoms with Crippen LogP contribution in [-0.2, 0) is 4.74 Å². The van der Waals surface area contributed by atoms with Gasteiger partial charge in [-0.2, -0.15) is 0 Å². The third-order valence-electron chi connectivity index (χ3n) is 4.58. The third kappa shape index (κ3) is 3.25. The van der Waals surface area contributed by atoms with E-state index in [-0.39, 0.29) is 6.10 Å². The van der Waals surface area contributed by atoms with Crippen LogP contribution in [0.25, 0.3) is 0 Å². The lowest BCUT2D eigenvalue weighted by Crippen LogP contribution is -2.53. The van der Waals surface area contributed by atoms with E-state index in [1.807, 2.05) is 0 Å². The van der Waals surface area contributed by atoms with Crippen LogP contribution in [0.3, 0.4) is 0 Å². The highest BCUT2D eigenvalue weighted by Crippen LogP contribution is 2.30. The predicted octanol–water partition coefficient (Wildman–Crippen LogP) is 2.64. The first-order valence-electron chi connectivity index (χ1n) is 7.64. The van der Waals surface area contributed by atoms with Crippen LogP contribution in [0.4, 0.5) is 8.78 Å². The summed E-state index contributed by atoms with van der Waals surface area (Å²) in [5.41, 5.74) is 0.424. The van der Waals surface area contributed by atoms with Gasteiger partial charge in [0.15, 0.2) is 11.6 Å². The van der Waals surface area contributed by atoms with Gasteiger partial charge >= 0.3 is 0 Å². The average Bonchev–Trinajstić information content (AvgIpc) is 2.50. The van der Waals surface area contributed by atoms with Crippen LogP contribution in [0.2, 0.25) is 0 Å². The number of aliphatic hydroxyl groups is 1. The quantitative estimate of drug-likeness (QED) is 0.931. The van der Waals surface area contributed by atoms with Gasteiger partial charge in [-0.15, -0.1) is 0 Å². The second-order valence-electron chi connectivity index (χ2n) is 5.95. The number of morpholine rings is 1. The Kier molecular flexibility index (Phi) is 4.52. The van der Waals surface area contributed by atoms with Crippen molar-refractivity contribution in [3.63, 3.8) is 0 Å². The van der Waals surface area contributed by atoms with E-state index >= 15 is 0 Å². The smallest absolute Gasteiger partial charge is 0.159 e. The molecule has 3 nitrogen and oxygen atoms in total.